The number of aryl methyl sites for hydroxylation is 1. The summed E-state index contributed by atoms with van der Waals surface area (Å²) in [6.07, 6.45) is -3.09. The molecule has 39 heavy (non-hydrogen) atoms. The minimum absolute atomic E-state index is 0.0152. The van der Waals surface area contributed by atoms with Gasteiger partial charge in [-0.15, -0.1) is 10.2 Å². The smallest absolute Gasteiger partial charge is 0.435 e. The summed E-state index contributed by atoms with van der Waals surface area (Å²) in [5, 5.41) is 19.5. The molecule has 1 aliphatic carbocycles. The second-order valence-electron chi connectivity index (χ2n) is 9.23. The Morgan fingerprint density at radius 1 is 1.18 bits per heavy atom. The molecule has 14 heteroatoms. The Kier molecular flexibility index (Phi) is 7.06. The van der Waals surface area contributed by atoms with Gasteiger partial charge in [-0.3, -0.25) is 4.79 Å². The number of aliphatic hydroxyl groups is 1. The maximum Gasteiger partial charge on any atom is 0.435 e. The van der Waals surface area contributed by atoms with Crippen molar-refractivity contribution in [2.24, 2.45) is 0 Å². The van der Waals surface area contributed by atoms with E-state index >= 15 is 4.39 Å². The zero-order chi connectivity index (χ0) is 28.9. The largest absolute Gasteiger partial charge is 0.490 e. The SMILES string of the molecule is COc1c(F)c(C2(O)CC2)cc(C)c1Oc1nnc(C(F)(F)F)c(C)c1C(=O)Nc1cccc(S(C)(=N)=O)c1. The Bertz CT molecular complexity index is 1590. The molecule has 1 heterocycles. The van der Waals surface area contributed by atoms with E-state index in [4.69, 9.17) is 14.3 Å². The Morgan fingerprint density at radius 2 is 1.85 bits per heavy atom. The summed E-state index contributed by atoms with van der Waals surface area (Å²) in [6.45, 7) is 2.51. The molecule has 4 rings (SSSR count). The van der Waals surface area contributed by atoms with Gasteiger partial charge in [-0.1, -0.05) is 6.07 Å². The molecule has 208 valence electrons. The van der Waals surface area contributed by atoms with E-state index in [0.717, 1.165) is 14.0 Å². The van der Waals surface area contributed by atoms with Crippen LogP contribution in [0.3, 0.4) is 0 Å². The Balaban J connectivity index is 1.82. The van der Waals surface area contributed by atoms with Crippen LogP contribution in [0.15, 0.2) is 35.2 Å². The molecule has 2 aromatic carbocycles. The maximum absolute atomic E-state index is 15.3. The lowest BCUT2D eigenvalue weighted by Gasteiger charge is -2.20. The molecule has 3 aromatic rings. The van der Waals surface area contributed by atoms with Gasteiger partial charge in [0.05, 0.1) is 22.4 Å². The van der Waals surface area contributed by atoms with Crippen LogP contribution in [0.4, 0.5) is 23.2 Å². The van der Waals surface area contributed by atoms with Crippen LogP contribution in [0.2, 0.25) is 0 Å². The molecule has 1 aliphatic rings. The monoisotopic (exact) mass is 568 g/mol. The van der Waals surface area contributed by atoms with Crippen LogP contribution in [-0.2, 0) is 21.5 Å². The van der Waals surface area contributed by atoms with Gasteiger partial charge < -0.3 is 19.9 Å². The molecule has 0 saturated heterocycles. The number of nitrogens with zero attached hydrogens (tertiary/aromatic N) is 2. The van der Waals surface area contributed by atoms with Crippen LogP contribution >= 0.6 is 0 Å². The lowest BCUT2D eigenvalue weighted by molar-refractivity contribution is -0.142. The molecule has 0 aliphatic heterocycles. The third-order valence-corrected chi connectivity index (χ3v) is 7.36. The first-order chi connectivity index (χ1) is 18.1. The maximum atomic E-state index is 15.3. The Labute approximate surface area is 221 Å². The van der Waals surface area contributed by atoms with Crippen LogP contribution < -0.4 is 14.8 Å². The third-order valence-electron chi connectivity index (χ3n) is 6.21. The van der Waals surface area contributed by atoms with Crippen molar-refractivity contribution in [3.05, 3.63) is 64.1 Å². The third kappa shape index (κ3) is 5.52. The van der Waals surface area contributed by atoms with Gasteiger partial charge in [-0.25, -0.2) is 13.4 Å². The quantitative estimate of drug-likeness (QED) is 0.328. The highest BCUT2D eigenvalue weighted by molar-refractivity contribution is 7.91. The molecule has 1 saturated carbocycles. The van der Waals surface area contributed by atoms with Crippen molar-refractivity contribution in [3.8, 4) is 17.4 Å². The van der Waals surface area contributed by atoms with E-state index in [0.29, 0.717) is 12.8 Å². The van der Waals surface area contributed by atoms with Crippen molar-refractivity contribution in [1.82, 2.24) is 10.2 Å². The van der Waals surface area contributed by atoms with Gasteiger partial charge >= 0.3 is 6.18 Å². The summed E-state index contributed by atoms with van der Waals surface area (Å²) < 4.78 is 86.9. The number of ether oxygens (including phenoxy) is 2. The van der Waals surface area contributed by atoms with Crippen LogP contribution in [-0.4, -0.2) is 38.8 Å². The average molecular weight is 569 g/mol. The number of hydrogen-bond acceptors (Lipinski definition) is 8. The minimum Gasteiger partial charge on any atom is -0.490 e. The van der Waals surface area contributed by atoms with Crippen molar-refractivity contribution in [3.63, 3.8) is 0 Å². The van der Waals surface area contributed by atoms with Crippen molar-refractivity contribution in [2.75, 3.05) is 18.7 Å². The molecule has 0 spiro atoms. The number of hydrogen-bond donors (Lipinski definition) is 3. The van der Waals surface area contributed by atoms with E-state index in [1.807, 2.05) is 0 Å². The van der Waals surface area contributed by atoms with Gasteiger partial charge in [0.15, 0.2) is 23.0 Å². The number of aromatic nitrogens is 2. The van der Waals surface area contributed by atoms with E-state index in [-0.39, 0.29) is 27.5 Å². The number of amides is 1. The highest BCUT2D eigenvalue weighted by atomic mass is 32.2. The summed E-state index contributed by atoms with van der Waals surface area (Å²) in [5.41, 5.74) is -3.74. The van der Waals surface area contributed by atoms with E-state index in [2.05, 4.69) is 15.5 Å². The molecular weight excluding hydrogens is 544 g/mol. The Morgan fingerprint density at radius 3 is 2.41 bits per heavy atom. The van der Waals surface area contributed by atoms with E-state index in [1.165, 1.54) is 43.5 Å². The lowest BCUT2D eigenvalue weighted by atomic mass is 10.0. The number of methoxy groups -OCH3 is 1. The molecule has 1 aromatic heterocycles. The fourth-order valence-electron chi connectivity index (χ4n) is 4.00. The van der Waals surface area contributed by atoms with Gasteiger partial charge in [0.25, 0.3) is 11.8 Å². The zero-order valence-electron chi connectivity index (χ0n) is 21.2. The summed E-state index contributed by atoms with van der Waals surface area (Å²) >= 11 is 0. The van der Waals surface area contributed by atoms with Crippen molar-refractivity contribution in [1.29, 1.82) is 4.78 Å². The first-order valence-corrected chi connectivity index (χ1v) is 13.4. The molecule has 1 amide bonds. The summed E-state index contributed by atoms with van der Waals surface area (Å²) in [5.74, 6) is -3.36. The van der Waals surface area contributed by atoms with E-state index in [1.54, 1.807) is 0 Å². The first kappa shape index (κ1) is 28.2. The number of anilines is 1. The number of nitrogens with one attached hydrogen (secondary N) is 2. The molecule has 0 radical (unpaired) electrons. The lowest BCUT2D eigenvalue weighted by Crippen LogP contribution is -2.21. The minimum atomic E-state index is -4.95. The number of rotatable bonds is 7. The van der Waals surface area contributed by atoms with Crippen LogP contribution in [0.25, 0.3) is 0 Å². The molecular formula is C25H24F4N4O5S. The normalized spacial score (nSPS) is 15.8. The van der Waals surface area contributed by atoms with Crippen molar-refractivity contribution < 1.29 is 41.1 Å². The number of benzene rings is 2. The average Bonchev–Trinajstić information content (AvgIpc) is 3.58. The van der Waals surface area contributed by atoms with Crippen molar-refractivity contribution in [2.45, 2.75) is 43.4 Å². The summed E-state index contributed by atoms with van der Waals surface area (Å²) in [7, 11) is -2.00. The zero-order valence-corrected chi connectivity index (χ0v) is 22.0. The van der Waals surface area contributed by atoms with E-state index < -0.39 is 61.7 Å². The molecule has 0 bridgehead atoms. The highest BCUT2D eigenvalue weighted by Crippen LogP contribution is 2.50. The highest BCUT2D eigenvalue weighted by Gasteiger charge is 2.46. The summed E-state index contributed by atoms with van der Waals surface area (Å²) in [6, 6.07) is 6.81. The number of carbonyl (C=O) groups excluding carboxylic acids is 1. The number of carbonyl (C=O) groups is 1. The second kappa shape index (κ2) is 9.75. The predicted molar refractivity (Wildman–Crippen MR) is 132 cm³/mol. The predicted octanol–water partition coefficient (Wildman–Crippen LogP) is 5.32. The van der Waals surface area contributed by atoms with Crippen LogP contribution in [0, 0.1) is 24.4 Å². The van der Waals surface area contributed by atoms with Crippen molar-refractivity contribution >= 4 is 21.3 Å². The summed E-state index contributed by atoms with van der Waals surface area (Å²) in [4.78, 5) is 13.4. The molecule has 1 unspecified atom stereocenters. The number of halogens is 4. The van der Waals surface area contributed by atoms with Gasteiger partial charge in [0, 0.05) is 22.4 Å². The fraction of sp³-hybridized carbons (Fsp3) is 0.320. The first-order valence-electron chi connectivity index (χ1n) is 11.4. The van der Waals surface area contributed by atoms with Crippen LogP contribution in [0.5, 0.6) is 17.4 Å². The Hall–Kier alpha value is -3.78. The van der Waals surface area contributed by atoms with Crippen LogP contribution in [0.1, 0.15) is 45.6 Å². The molecule has 1 fully saturated rings. The number of alkyl halides is 3. The molecule has 3 N–H and O–H groups in total. The van der Waals surface area contributed by atoms with Gasteiger partial charge in [0.2, 0.25) is 0 Å². The fourth-order valence-corrected chi connectivity index (χ4v) is 4.69. The van der Waals surface area contributed by atoms with E-state index in [9.17, 15) is 27.3 Å². The topological polar surface area (TPSA) is 134 Å². The molecule has 9 nitrogen and oxygen atoms in total. The van der Waals surface area contributed by atoms with Gasteiger partial charge in [0.1, 0.15) is 5.56 Å². The van der Waals surface area contributed by atoms with Gasteiger partial charge in [-0.2, -0.15) is 13.2 Å². The molecule has 1 atom stereocenters. The second-order valence-corrected chi connectivity index (χ2v) is 11.4. The van der Waals surface area contributed by atoms with Gasteiger partial charge in [-0.05, 0) is 62.1 Å². The standard InChI is InChI=1S/C25H24F4N4O5S/c1-12-10-16(24(35)8-9-24)18(26)20(37-3)19(12)38-23-17(13(2)21(32-33-23)25(27,28)29)22(34)31-14-6-5-7-15(11-14)39(4,30)36/h5-7,10-11,30,35H,8-9H2,1-4H3,(H,31,34).